The number of rotatable bonds is 5. The highest BCUT2D eigenvalue weighted by Crippen LogP contribution is 2.35. The van der Waals surface area contributed by atoms with E-state index in [1.165, 1.54) is 10.7 Å². The van der Waals surface area contributed by atoms with Crippen LogP contribution in [0, 0.1) is 0 Å². The zero-order valence-corrected chi connectivity index (χ0v) is 18.7. The third-order valence-corrected chi connectivity index (χ3v) is 8.70. The number of fused-ring (bicyclic) bond motifs is 1. The summed E-state index contributed by atoms with van der Waals surface area (Å²) in [6, 6.07) is 3.64. The first-order chi connectivity index (χ1) is 15.7. The molecule has 1 saturated carbocycles. The molecule has 1 aromatic carbocycles. The zero-order valence-electron chi connectivity index (χ0n) is 17.9. The van der Waals surface area contributed by atoms with Crippen LogP contribution < -0.4 is 4.74 Å². The predicted molar refractivity (Wildman–Crippen MR) is 113 cm³/mol. The van der Waals surface area contributed by atoms with Gasteiger partial charge in [0.1, 0.15) is 6.10 Å². The van der Waals surface area contributed by atoms with Crippen LogP contribution in [-0.2, 0) is 16.2 Å². The van der Waals surface area contributed by atoms with Crippen LogP contribution in [0.5, 0.6) is 5.88 Å². The zero-order chi connectivity index (χ0) is 23.2. The maximum absolute atomic E-state index is 13.0. The van der Waals surface area contributed by atoms with E-state index in [1.807, 2.05) is 0 Å². The van der Waals surface area contributed by atoms with Gasteiger partial charge < -0.3 is 4.74 Å². The van der Waals surface area contributed by atoms with E-state index in [9.17, 15) is 21.6 Å². The van der Waals surface area contributed by atoms with Crippen molar-refractivity contribution in [3.05, 3.63) is 47.9 Å². The van der Waals surface area contributed by atoms with E-state index in [1.54, 1.807) is 12.4 Å². The van der Waals surface area contributed by atoms with Gasteiger partial charge in [0.2, 0.25) is 15.9 Å². The maximum atomic E-state index is 13.0. The Labute approximate surface area is 190 Å². The minimum absolute atomic E-state index is 0.0183. The Bertz CT molecular complexity index is 1090. The van der Waals surface area contributed by atoms with Crippen molar-refractivity contribution in [2.45, 2.75) is 54.8 Å². The van der Waals surface area contributed by atoms with Crippen LogP contribution in [0.3, 0.4) is 0 Å². The summed E-state index contributed by atoms with van der Waals surface area (Å²) >= 11 is 0. The Balaban J connectivity index is 1.21. The molecule has 2 atom stereocenters. The number of ether oxygens (including phenoxy) is 1. The Morgan fingerprint density at radius 1 is 1.00 bits per heavy atom. The van der Waals surface area contributed by atoms with Gasteiger partial charge in [0, 0.05) is 44.6 Å². The largest absolute Gasteiger partial charge is 0.472 e. The van der Waals surface area contributed by atoms with Crippen LogP contribution in [0.15, 0.2) is 41.6 Å². The first kappa shape index (κ1) is 22.5. The number of halogens is 3. The quantitative estimate of drug-likeness (QED) is 0.651. The summed E-state index contributed by atoms with van der Waals surface area (Å²) < 4.78 is 71.8. The minimum Gasteiger partial charge on any atom is -0.472 e. The van der Waals surface area contributed by atoms with Crippen LogP contribution in [0.2, 0.25) is 0 Å². The van der Waals surface area contributed by atoms with E-state index in [0.29, 0.717) is 31.3 Å². The van der Waals surface area contributed by atoms with Crippen molar-refractivity contribution in [2.24, 2.45) is 0 Å². The molecule has 2 aromatic rings. The summed E-state index contributed by atoms with van der Waals surface area (Å²) in [6.45, 7) is 1.76. The van der Waals surface area contributed by atoms with E-state index < -0.39 is 21.8 Å². The Morgan fingerprint density at radius 3 is 2.36 bits per heavy atom. The number of aromatic nitrogens is 2. The van der Waals surface area contributed by atoms with Gasteiger partial charge in [-0.25, -0.2) is 13.4 Å². The van der Waals surface area contributed by atoms with Crippen molar-refractivity contribution in [3.63, 3.8) is 0 Å². The average Bonchev–Trinajstić information content (AvgIpc) is 3.15. The molecule has 1 aromatic heterocycles. The van der Waals surface area contributed by atoms with E-state index in [0.717, 1.165) is 42.8 Å². The summed E-state index contributed by atoms with van der Waals surface area (Å²) in [5.41, 5.74) is 0.132. The first-order valence-corrected chi connectivity index (χ1v) is 12.5. The average molecular weight is 483 g/mol. The Kier molecular flexibility index (Phi) is 5.82. The Morgan fingerprint density at radius 2 is 1.76 bits per heavy atom. The topological polar surface area (TPSA) is 75.6 Å². The molecule has 3 fully saturated rings. The van der Waals surface area contributed by atoms with Crippen molar-refractivity contribution in [2.75, 3.05) is 26.2 Å². The molecule has 178 valence electrons. The monoisotopic (exact) mass is 482 g/mol. The molecule has 0 radical (unpaired) electrons. The molecule has 33 heavy (non-hydrogen) atoms. The number of benzene rings is 1. The van der Waals surface area contributed by atoms with Crippen molar-refractivity contribution in [1.29, 1.82) is 0 Å². The molecule has 1 aliphatic carbocycles. The number of piperazine rings is 1. The first-order valence-electron chi connectivity index (χ1n) is 11.1. The van der Waals surface area contributed by atoms with Gasteiger partial charge in [0.25, 0.3) is 0 Å². The highest BCUT2D eigenvalue weighted by molar-refractivity contribution is 7.89. The van der Waals surface area contributed by atoms with Gasteiger partial charge in [0.05, 0.1) is 28.5 Å². The second-order valence-electron chi connectivity index (χ2n) is 8.92. The van der Waals surface area contributed by atoms with Gasteiger partial charge in [-0.1, -0.05) is 6.42 Å². The lowest BCUT2D eigenvalue weighted by Crippen LogP contribution is -2.51. The molecule has 2 aliphatic heterocycles. The molecule has 0 amide bonds. The number of sulfonamides is 1. The molecule has 0 unspecified atom stereocenters. The highest BCUT2D eigenvalue weighted by atomic mass is 32.2. The van der Waals surface area contributed by atoms with E-state index >= 15 is 0 Å². The fourth-order valence-electron chi connectivity index (χ4n) is 4.71. The molecule has 5 rings (SSSR count). The van der Waals surface area contributed by atoms with E-state index in [-0.39, 0.29) is 30.1 Å². The lowest BCUT2D eigenvalue weighted by molar-refractivity contribution is -0.137. The fourth-order valence-corrected chi connectivity index (χ4v) is 6.18. The van der Waals surface area contributed by atoms with Crippen molar-refractivity contribution >= 4 is 10.0 Å². The number of hydrogen-bond acceptors (Lipinski definition) is 6. The summed E-state index contributed by atoms with van der Waals surface area (Å²) in [5.74, 6) is 0.974. The van der Waals surface area contributed by atoms with Gasteiger partial charge in [-0.05, 0) is 37.1 Å². The molecule has 0 bridgehead atoms. The molecule has 7 nitrogen and oxygen atoms in total. The molecule has 3 aliphatic rings. The van der Waals surface area contributed by atoms with Gasteiger partial charge in [0.15, 0.2) is 0 Å². The van der Waals surface area contributed by atoms with E-state index in [4.69, 9.17) is 4.74 Å². The molecular formula is C22H25F3N4O3S. The summed E-state index contributed by atoms with van der Waals surface area (Å²) in [5, 5.41) is 0. The van der Waals surface area contributed by atoms with Gasteiger partial charge in [-0.3, -0.25) is 9.88 Å². The smallest absolute Gasteiger partial charge is 0.416 e. The molecule has 3 heterocycles. The summed E-state index contributed by atoms with van der Waals surface area (Å²) in [4.78, 5) is 10.9. The van der Waals surface area contributed by atoms with Gasteiger partial charge in [-0.15, -0.1) is 0 Å². The van der Waals surface area contributed by atoms with Crippen LogP contribution in [0.25, 0.3) is 0 Å². The molecule has 11 heteroatoms. The Hall–Kier alpha value is -2.24. The normalized spacial score (nSPS) is 24.9. The fraction of sp³-hybridized carbons (Fsp3) is 0.545. The standard InChI is InChI=1S/C22H25F3N4O3S/c23-22(24,25)16-4-6-19(7-5-16)33(30,31)29-9-8-28-14-18(10-17(28)13-29)32-21-12-26-20(11-27-21)15-2-1-3-15/h4-7,11-12,15,17-18H,1-3,8-10,13-14H2/t17-,18+/m0/s1. The third kappa shape index (κ3) is 4.58. The second-order valence-corrected chi connectivity index (χ2v) is 10.9. The molecule has 0 N–H and O–H groups in total. The third-order valence-electron chi connectivity index (χ3n) is 6.82. The van der Waals surface area contributed by atoms with Crippen LogP contribution in [0.1, 0.15) is 42.9 Å². The van der Waals surface area contributed by atoms with Crippen molar-refractivity contribution < 1.29 is 26.3 Å². The van der Waals surface area contributed by atoms with Crippen LogP contribution in [-0.4, -0.2) is 65.9 Å². The van der Waals surface area contributed by atoms with Crippen molar-refractivity contribution in [1.82, 2.24) is 19.2 Å². The second kappa shape index (κ2) is 8.52. The minimum atomic E-state index is -4.51. The number of nitrogens with zero attached hydrogens (tertiary/aromatic N) is 4. The molecule has 2 saturated heterocycles. The van der Waals surface area contributed by atoms with Crippen molar-refractivity contribution in [3.8, 4) is 5.88 Å². The maximum Gasteiger partial charge on any atom is 0.416 e. The lowest BCUT2D eigenvalue weighted by atomic mass is 9.83. The van der Waals surface area contributed by atoms with Crippen LogP contribution >= 0.6 is 0 Å². The van der Waals surface area contributed by atoms with Gasteiger partial charge in [-0.2, -0.15) is 17.5 Å². The summed E-state index contributed by atoms with van der Waals surface area (Å²) in [7, 11) is -3.87. The summed E-state index contributed by atoms with van der Waals surface area (Å²) in [6.07, 6.45) is 2.99. The van der Waals surface area contributed by atoms with Crippen LogP contribution in [0.4, 0.5) is 13.2 Å². The predicted octanol–water partition coefficient (Wildman–Crippen LogP) is 3.29. The number of hydrogen-bond donors (Lipinski definition) is 0. The number of alkyl halides is 3. The van der Waals surface area contributed by atoms with E-state index in [2.05, 4.69) is 14.9 Å². The molecule has 0 spiro atoms. The highest BCUT2D eigenvalue weighted by Gasteiger charge is 2.41. The lowest BCUT2D eigenvalue weighted by Gasteiger charge is -2.36. The molecular weight excluding hydrogens is 457 g/mol. The SMILES string of the molecule is O=S(=O)(c1ccc(C(F)(F)F)cc1)N1CCN2C[C@H](Oc3cnc(C4CCC4)cn3)C[C@H]2C1. The van der Waals surface area contributed by atoms with Gasteiger partial charge >= 0.3 is 6.18 Å².